The van der Waals surface area contributed by atoms with E-state index in [1.807, 2.05) is 23.1 Å². The van der Waals surface area contributed by atoms with Crippen molar-refractivity contribution < 1.29 is 9.53 Å². The number of hydrogen-bond acceptors (Lipinski definition) is 4. The number of rotatable bonds is 4. The van der Waals surface area contributed by atoms with E-state index in [2.05, 4.69) is 28.7 Å². The number of methoxy groups -OCH3 is 1. The number of fused-ring (bicyclic) bond motifs is 1. The van der Waals surface area contributed by atoms with Gasteiger partial charge in [-0.05, 0) is 32.0 Å². The third-order valence-corrected chi connectivity index (χ3v) is 4.61. The molecule has 3 rings (SSSR count). The van der Waals surface area contributed by atoms with Gasteiger partial charge in [0.2, 0.25) is 0 Å². The van der Waals surface area contributed by atoms with Crippen LogP contribution in [0, 0.1) is 0 Å². The second-order valence-corrected chi connectivity index (χ2v) is 6.27. The van der Waals surface area contributed by atoms with Gasteiger partial charge in [0.1, 0.15) is 0 Å². The Balaban J connectivity index is 1.73. The highest BCUT2D eigenvalue weighted by Gasteiger charge is 2.31. The topological polar surface area (TPSA) is 61.5 Å². The van der Waals surface area contributed by atoms with Crippen LogP contribution in [0.1, 0.15) is 24.2 Å². The number of hydrogen-bond donors (Lipinski definition) is 1. The summed E-state index contributed by atoms with van der Waals surface area (Å²) in [4.78, 5) is 24.4. The Morgan fingerprint density at radius 1 is 1.35 bits per heavy atom. The fraction of sp³-hybridized carbons (Fsp3) is 0.529. The minimum Gasteiger partial charge on any atom is -0.383 e. The van der Waals surface area contributed by atoms with Crippen LogP contribution < -0.4 is 0 Å². The van der Waals surface area contributed by atoms with Gasteiger partial charge in [0.15, 0.2) is 0 Å². The summed E-state index contributed by atoms with van der Waals surface area (Å²) in [5, 5.41) is 0. The normalized spacial score (nSPS) is 22.7. The van der Waals surface area contributed by atoms with Crippen LogP contribution >= 0.6 is 0 Å². The van der Waals surface area contributed by atoms with Crippen molar-refractivity contribution in [3.05, 3.63) is 30.1 Å². The van der Waals surface area contributed by atoms with Crippen molar-refractivity contribution in [1.82, 2.24) is 19.8 Å². The molecule has 0 bridgehead atoms. The number of H-pyrrole nitrogens is 1. The van der Waals surface area contributed by atoms with E-state index < -0.39 is 0 Å². The van der Waals surface area contributed by atoms with Crippen molar-refractivity contribution in [1.29, 1.82) is 0 Å². The minimum absolute atomic E-state index is 0.0894. The lowest BCUT2D eigenvalue weighted by molar-refractivity contribution is 0.0193. The van der Waals surface area contributed by atoms with E-state index in [-0.39, 0.29) is 5.91 Å². The summed E-state index contributed by atoms with van der Waals surface area (Å²) < 4.78 is 5.19. The van der Waals surface area contributed by atoms with Gasteiger partial charge in [0.05, 0.1) is 24.0 Å². The third-order valence-electron chi connectivity index (χ3n) is 4.61. The second-order valence-electron chi connectivity index (χ2n) is 6.27. The average Bonchev–Trinajstić information content (AvgIpc) is 3.00. The van der Waals surface area contributed by atoms with Crippen molar-refractivity contribution in [2.75, 3.05) is 33.4 Å². The van der Waals surface area contributed by atoms with Crippen molar-refractivity contribution >= 4 is 16.9 Å². The first kappa shape index (κ1) is 16.0. The van der Waals surface area contributed by atoms with Gasteiger partial charge < -0.3 is 14.6 Å². The second kappa shape index (κ2) is 6.68. The fourth-order valence-corrected chi connectivity index (χ4v) is 3.41. The zero-order valence-corrected chi connectivity index (χ0v) is 14.0. The number of piperazine rings is 1. The van der Waals surface area contributed by atoms with E-state index in [9.17, 15) is 4.79 Å². The van der Waals surface area contributed by atoms with Crippen LogP contribution in [0.25, 0.3) is 11.0 Å². The van der Waals surface area contributed by atoms with E-state index in [1.54, 1.807) is 13.4 Å². The molecule has 1 aliphatic heterocycles. The molecule has 1 aromatic carbocycles. The lowest BCUT2D eigenvalue weighted by Crippen LogP contribution is -2.58. The number of aromatic nitrogens is 2. The first-order valence-electron chi connectivity index (χ1n) is 8.07. The Bertz CT molecular complexity index is 672. The van der Waals surface area contributed by atoms with Gasteiger partial charge in [-0.15, -0.1) is 0 Å². The molecule has 6 heteroatoms. The van der Waals surface area contributed by atoms with Gasteiger partial charge in [-0.3, -0.25) is 9.69 Å². The molecule has 0 aliphatic carbocycles. The number of carbonyl (C=O) groups is 1. The highest BCUT2D eigenvalue weighted by molar-refractivity contribution is 5.97. The summed E-state index contributed by atoms with van der Waals surface area (Å²) in [6, 6.07) is 6.29. The highest BCUT2D eigenvalue weighted by atomic mass is 16.5. The lowest BCUT2D eigenvalue weighted by Gasteiger charge is -2.44. The van der Waals surface area contributed by atoms with Crippen molar-refractivity contribution in [2.45, 2.75) is 25.9 Å². The molecule has 1 aliphatic rings. The Hall–Kier alpha value is -1.92. The number of nitrogens with one attached hydrogen (secondary N) is 1. The molecule has 1 N–H and O–H groups in total. The first-order valence-corrected chi connectivity index (χ1v) is 8.07. The summed E-state index contributed by atoms with van der Waals surface area (Å²) >= 11 is 0. The summed E-state index contributed by atoms with van der Waals surface area (Å²) in [5.74, 6) is 0.0894. The van der Waals surface area contributed by atoms with Gasteiger partial charge in [-0.2, -0.15) is 0 Å². The Morgan fingerprint density at radius 2 is 2.09 bits per heavy atom. The number of ether oxygens (including phenoxy) is 1. The SMILES string of the molecule is COCCN1C(C)CN(C(=O)c2ccc3nc[nH]c3c2)CC1C. The van der Waals surface area contributed by atoms with E-state index in [4.69, 9.17) is 4.74 Å². The zero-order valence-electron chi connectivity index (χ0n) is 14.0. The molecule has 6 nitrogen and oxygen atoms in total. The summed E-state index contributed by atoms with van der Waals surface area (Å²) in [7, 11) is 1.72. The third kappa shape index (κ3) is 3.23. The van der Waals surface area contributed by atoms with Crippen molar-refractivity contribution in [2.24, 2.45) is 0 Å². The number of aromatic amines is 1. The number of imidazole rings is 1. The number of carbonyl (C=O) groups excluding carboxylic acids is 1. The molecule has 2 unspecified atom stereocenters. The van der Waals surface area contributed by atoms with E-state index in [1.165, 1.54) is 0 Å². The maximum atomic E-state index is 12.8. The molecule has 2 aromatic rings. The predicted molar refractivity (Wildman–Crippen MR) is 89.5 cm³/mol. The molecule has 1 saturated heterocycles. The fourth-order valence-electron chi connectivity index (χ4n) is 3.41. The summed E-state index contributed by atoms with van der Waals surface area (Å²) in [6.45, 7) is 7.45. The number of nitrogens with zero attached hydrogens (tertiary/aromatic N) is 3. The van der Waals surface area contributed by atoms with Gasteiger partial charge >= 0.3 is 0 Å². The van der Waals surface area contributed by atoms with E-state index >= 15 is 0 Å². The predicted octanol–water partition coefficient (Wildman–Crippen LogP) is 1.74. The maximum Gasteiger partial charge on any atom is 0.254 e. The molecule has 0 radical (unpaired) electrons. The largest absolute Gasteiger partial charge is 0.383 e. The van der Waals surface area contributed by atoms with E-state index in [0.29, 0.717) is 17.6 Å². The van der Waals surface area contributed by atoms with Crippen LogP contribution in [0.4, 0.5) is 0 Å². The molecule has 2 atom stereocenters. The number of benzene rings is 1. The molecule has 23 heavy (non-hydrogen) atoms. The Kier molecular flexibility index (Phi) is 4.63. The van der Waals surface area contributed by atoms with Gasteiger partial charge in [-0.25, -0.2) is 4.98 Å². The van der Waals surface area contributed by atoms with Crippen LogP contribution in [-0.2, 0) is 4.74 Å². The van der Waals surface area contributed by atoms with Crippen LogP contribution in [0.2, 0.25) is 0 Å². The van der Waals surface area contributed by atoms with Gasteiger partial charge in [-0.1, -0.05) is 0 Å². The molecule has 2 heterocycles. The maximum absolute atomic E-state index is 12.8. The monoisotopic (exact) mass is 316 g/mol. The minimum atomic E-state index is 0.0894. The van der Waals surface area contributed by atoms with Crippen LogP contribution in [0.3, 0.4) is 0 Å². The molecule has 1 amide bonds. The summed E-state index contributed by atoms with van der Waals surface area (Å²) in [6.07, 6.45) is 1.65. The zero-order chi connectivity index (χ0) is 16.4. The lowest BCUT2D eigenvalue weighted by atomic mass is 10.1. The van der Waals surface area contributed by atoms with Crippen LogP contribution in [0.15, 0.2) is 24.5 Å². The molecular formula is C17H24N4O2. The van der Waals surface area contributed by atoms with Gasteiger partial charge in [0, 0.05) is 44.4 Å². The Morgan fingerprint density at radius 3 is 2.78 bits per heavy atom. The molecule has 1 fully saturated rings. The molecule has 0 saturated carbocycles. The number of amides is 1. The smallest absolute Gasteiger partial charge is 0.254 e. The average molecular weight is 316 g/mol. The Labute approximate surface area is 136 Å². The molecular weight excluding hydrogens is 292 g/mol. The molecule has 124 valence electrons. The van der Waals surface area contributed by atoms with Crippen LogP contribution in [-0.4, -0.2) is 71.1 Å². The van der Waals surface area contributed by atoms with Gasteiger partial charge in [0.25, 0.3) is 5.91 Å². The molecule has 1 aromatic heterocycles. The first-order chi connectivity index (χ1) is 11.1. The highest BCUT2D eigenvalue weighted by Crippen LogP contribution is 2.19. The molecule has 0 spiro atoms. The van der Waals surface area contributed by atoms with Crippen molar-refractivity contribution in [3.8, 4) is 0 Å². The quantitative estimate of drug-likeness (QED) is 0.933. The van der Waals surface area contributed by atoms with Crippen molar-refractivity contribution in [3.63, 3.8) is 0 Å². The van der Waals surface area contributed by atoms with Crippen LogP contribution in [0.5, 0.6) is 0 Å². The van der Waals surface area contributed by atoms with E-state index in [0.717, 1.165) is 37.3 Å². The standard InChI is InChI=1S/C17H24N4O2/c1-12-9-20(10-13(2)21(12)6-7-23-3)17(22)14-4-5-15-16(8-14)19-11-18-15/h4-5,8,11-13H,6-7,9-10H2,1-3H3,(H,18,19). The summed E-state index contributed by atoms with van der Waals surface area (Å²) in [5.41, 5.74) is 2.50.